The van der Waals surface area contributed by atoms with E-state index in [1.165, 1.54) is 0 Å². The number of alkyl carbamates (subject to hydrolysis) is 3. The molecule has 0 aromatic heterocycles. The van der Waals surface area contributed by atoms with Crippen LogP contribution in [0.3, 0.4) is 0 Å². The third-order valence-corrected chi connectivity index (χ3v) is 7.19. The fourth-order valence-corrected chi connectivity index (χ4v) is 4.93. The lowest BCUT2D eigenvalue weighted by atomic mass is 10.1. The molecule has 0 saturated heterocycles. The van der Waals surface area contributed by atoms with E-state index < -0.39 is 35.1 Å². The van der Waals surface area contributed by atoms with Gasteiger partial charge in [0, 0.05) is 25.2 Å². The molecule has 0 spiro atoms. The van der Waals surface area contributed by atoms with Crippen LogP contribution in [-0.2, 0) is 20.8 Å². The van der Waals surface area contributed by atoms with Gasteiger partial charge < -0.3 is 23.8 Å². The van der Waals surface area contributed by atoms with Gasteiger partial charge in [-0.1, -0.05) is 43.9 Å². The van der Waals surface area contributed by atoms with E-state index >= 15 is 0 Å². The van der Waals surface area contributed by atoms with Crippen molar-refractivity contribution in [3.63, 3.8) is 0 Å². The van der Waals surface area contributed by atoms with E-state index in [0.717, 1.165) is 69.1 Å². The second-order valence-corrected chi connectivity index (χ2v) is 15.8. The van der Waals surface area contributed by atoms with Crippen molar-refractivity contribution in [2.75, 3.05) is 26.2 Å². The lowest BCUT2D eigenvalue weighted by molar-refractivity contribution is 0.0534. The summed E-state index contributed by atoms with van der Waals surface area (Å²) in [4.78, 5) is 61.4. The number of carbonyl (C=O) groups is 4. The van der Waals surface area contributed by atoms with E-state index in [4.69, 9.17) is 18.9 Å². The molecule has 1 aromatic rings. The first kappa shape index (κ1) is 44.6. The summed E-state index contributed by atoms with van der Waals surface area (Å²) >= 11 is 0. The van der Waals surface area contributed by atoms with Gasteiger partial charge >= 0.3 is 24.3 Å². The SMILES string of the molecule is CC(C)(C)OC(=O)NC(=NCCCCCCCCN1CCCCCOc2ccccc2CN=C(NC(=O)OC(C)(C)C)NC1=O)NC(=O)OC(C)(C)C. The molecular formula is C38H63N7O8. The van der Waals surface area contributed by atoms with Gasteiger partial charge in [0.15, 0.2) is 0 Å². The smallest absolute Gasteiger partial charge is 0.414 e. The molecule has 4 N–H and O–H groups in total. The predicted octanol–water partition coefficient (Wildman–Crippen LogP) is 7.39. The van der Waals surface area contributed by atoms with Crippen molar-refractivity contribution in [1.29, 1.82) is 0 Å². The quantitative estimate of drug-likeness (QED) is 0.0874. The molecule has 1 aromatic carbocycles. The lowest BCUT2D eigenvalue weighted by Crippen LogP contribution is -2.50. The molecule has 1 aliphatic rings. The van der Waals surface area contributed by atoms with E-state index in [9.17, 15) is 19.2 Å². The number of aliphatic imine (C=N–C) groups is 2. The minimum absolute atomic E-state index is 0.00881. The van der Waals surface area contributed by atoms with Crippen LogP contribution in [0.1, 0.15) is 126 Å². The Hall–Kier alpha value is -4.56. The number of amides is 5. The van der Waals surface area contributed by atoms with Crippen LogP contribution >= 0.6 is 0 Å². The molecule has 0 saturated carbocycles. The van der Waals surface area contributed by atoms with Gasteiger partial charge in [0.2, 0.25) is 11.9 Å². The molecule has 5 amide bonds. The van der Waals surface area contributed by atoms with Crippen molar-refractivity contribution in [2.45, 2.75) is 143 Å². The summed E-state index contributed by atoms with van der Waals surface area (Å²) in [6, 6.07) is 7.25. The Bertz CT molecular complexity index is 1360. The summed E-state index contributed by atoms with van der Waals surface area (Å²) in [6.07, 6.45) is 5.65. The zero-order valence-corrected chi connectivity index (χ0v) is 33.3. The largest absolute Gasteiger partial charge is 0.493 e. The van der Waals surface area contributed by atoms with E-state index in [1.54, 1.807) is 67.2 Å². The van der Waals surface area contributed by atoms with Gasteiger partial charge in [-0.25, -0.2) is 24.2 Å². The third-order valence-electron chi connectivity index (χ3n) is 7.19. The van der Waals surface area contributed by atoms with Gasteiger partial charge in [-0.3, -0.25) is 26.3 Å². The Labute approximate surface area is 315 Å². The number of ether oxygens (including phenoxy) is 4. The van der Waals surface area contributed by atoms with E-state index in [1.807, 2.05) is 24.3 Å². The highest BCUT2D eigenvalue weighted by Crippen LogP contribution is 2.20. The number of unbranched alkanes of at least 4 members (excludes halogenated alkanes) is 5. The average molecular weight is 746 g/mol. The molecule has 298 valence electrons. The highest BCUT2D eigenvalue weighted by atomic mass is 16.6. The highest BCUT2D eigenvalue weighted by Gasteiger charge is 2.23. The number of fused-ring (bicyclic) bond motifs is 1. The molecule has 0 radical (unpaired) electrons. The van der Waals surface area contributed by atoms with E-state index in [2.05, 4.69) is 31.3 Å². The number of benzene rings is 1. The molecule has 1 aliphatic heterocycles. The molecule has 0 atom stereocenters. The molecule has 0 aliphatic carbocycles. The molecule has 2 rings (SSSR count). The normalized spacial score (nSPS) is 14.5. The monoisotopic (exact) mass is 745 g/mol. The molecule has 53 heavy (non-hydrogen) atoms. The Morgan fingerprint density at radius 1 is 0.792 bits per heavy atom. The summed E-state index contributed by atoms with van der Waals surface area (Å²) in [5.74, 6) is 0.700. The number of nitrogens with zero attached hydrogens (tertiary/aromatic N) is 3. The van der Waals surface area contributed by atoms with Gasteiger partial charge in [-0.2, -0.15) is 0 Å². The third kappa shape index (κ3) is 21.5. The maximum atomic E-state index is 13.5. The van der Waals surface area contributed by atoms with Crippen LogP contribution in [0.15, 0.2) is 34.3 Å². The number of carbonyl (C=O) groups excluding carboxylic acids is 4. The second-order valence-electron chi connectivity index (χ2n) is 15.8. The molecular weight excluding hydrogens is 682 g/mol. The van der Waals surface area contributed by atoms with E-state index in [-0.39, 0.29) is 24.5 Å². The number of hydrogen-bond acceptors (Lipinski definition) is 10. The number of para-hydroxylation sites is 1. The Morgan fingerprint density at radius 2 is 1.36 bits per heavy atom. The Kier molecular flexibility index (Phi) is 18.4. The number of hydrogen-bond donors (Lipinski definition) is 4. The first-order valence-electron chi connectivity index (χ1n) is 18.7. The number of urea groups is 1. The first-order chi connectivity index (χ1) is 24.8. The van der Waals surface area contributed by atoms with Gasteiger partial charge in [-0.05, 0) is 100 Å². The van der Waals surface area contributed by atoms with Crippen LogP contribution in [0.25, 0.3) is 0 Å². The second kappa shape index (κ2) is 21.8. The molecule has 15 nitrogen and oxygen atoms in total. The van der Waals surface area contributed by atoms with Gasteiger partial charge in [-0.15, -0.1) is 0 Å². The van der Waals surface area contributed by atoms with E-state index in [0.29, 0.717) is 26.2 Å². The minimum atomic E-state index is -0.730. The highest BCUT2D eigenvalue weighted by molar-refractivity contribution is 6.03. The molecule has 15 heteroatoms. The first-order valence-corrected chi connectivity index (χ1v) is 18.7. The standard InChI is InChI=1S/C38H63N7O8/c1-36(2,3)51-33(47)42-30(43-34(48)52-37(4,5)6)39-23-17-12-10-11-13-18-24-45-25-19-14-20-26-50-29-22-16-15-21-28(29)27-40-31(41-32(45)46)44-35(49)53-38(7,8)9/h15-16,21-22H,10-14,17-20,23-27H2,1-9H3,(H2,39,42,43,47,48)(H2,40,41,44,46,49). The number of guanidine groups is 2. The van der Waals surface area contributed by atoms with Crippen LogP contribution in [0, 0.1) is 0 Å². The molecule has 0 bridgehead atoms. The summed E-state index contributed by atoms with van der Waals surface area (Å²) in [6.45, 7) is 18.0. The average Bonchev–Trinajstić information content (AvgIpc) is 3.00. The molecule has 1 heterocycles. The maximum Gasteiger partial charge on any atom is 0.414 e. The van der Waals surface area contributed by atoms with Crippen LogP contribution < -0.4 is 26.0 Å². The van der Waals surface area contributed by atoms with Gasteiger partial charge in [0.25, 0.3) is 0 Å². The Morgan fingerprint density at radius 3 is 1.98 bits per heavy atom. The summed E-state index contributed by atoms with van der Waals surface area (Å²) in [5, 5.41) is 10.4. The van der Waals surface area contributed by atoms with Gasteiger partial charge in [0.05, 0.1) is 13.2 Å². The summed E-state index contributed by atoms with van der Waals surface area (Å²) in [7, 11) is 0. The zero-order valence-electron chi connectivity index (χ0n) is 33.3. The minimum Gasteiger partial charge on any atom is -0.493 e. The topological polar surface area (TPSA) is 181 Å². The van der Waals surface area contributed by atoms with Crippen LogP contribution in [0.5, 0.6) is 5.75 Å². The van der Waals surface area contributed by atoms with Crippen molar-refractivity contribution in [3.05, 3.63) is 29.8 Å². The van der Waals surface area contributed by atoms with Crippen LogP contribution in [0.2, 0.25) is 0 Å². The van der Waals surface area contributed by atoms with Crippen molar-refractivity contribution < 1.29 is 38.1 Å². The number of rotatable bonds is 9. The molecule has 0 unspecified atom stereocenters. The van der Waals surface area contributed by atoms with Crippen molar-refractivity contribution in [2.24, 2.45) is 9.98 Å². The molecule has 0 fully saturated rings. The fourth-order valence-electron chi connectivity index (χ4n) is 4.93. The fraction of sp³-hybridized carbons (Fsp3) is 0.684. The summed E-state index contributed by atoms with van der Waals surface area (Å²) < 4.78 is 22.0. The van der Waals surface area contributed by atoms with Crippen molar-refractivity contribution in [1.82, 2.24) is 26.2 Å². The maximum absolute atomic E-state index is 13.5. The van der Waals surface area contributed by atoms with Crippen molar-refractivity contribution in [3.8, 4) is 5.75 Å². The lowest BCUT2D eigenvalue weighted by Gasteiger charge is -2.25. The van der Waals surface area contributed by atoms with Gasteiger partial charge in [0.1, 0.15) is 22.6 Å². The summed E-state index contributed by atoms with van der Waals surface area (Å²) in [5.41, 5.74) is -1.32. The number of nitrogens with one attached hydrogen (secondary N) is 4. The predicted molar refractivity (Wildman–Crippen MR) is 205 cm³/mol. The van der Waals surface area contributed by atoms with Crippen LogP contribution in [-0.4, -0.2) is 84.2 Å². The van der Waals surface area contributed by atoms with Crippen molar-refractivity contribution >= 4 is 36.2 Å². The Balaban J connectivity index is 1.93. The van der Waals surface area contributed by atoms with Crippen LogP contribution in [0.4, 0.5) is 19.2 Å². The zero-order chi connectivity index (χ0) is 39.5.